The average molecular weight is 532 g/mol. The van der Waals surface area contributed by atoms with E-state index in [0.29, 0.717) is 24.3 Å². The number of methoxy groups -OCH3 is 1. The third-order valence-corrected chi connectivity index (χ3v) is 7.76. The molecule has 0 radical (unpaired) electrons. The summed E-state index contributed by atoms with van der Waals surface area (Å²) in [7, 11) is 1.54. The Hall–Kier alpha value is -1.94. The summed E-state index contributed by atoms with van der Waals surface area (Å²) in [5, 5.41) is 2.58. The van der Waals surface area contributed by atoms with Crippen LogP contribution in [-0.4, -0.2) is 58.5 Å². The zero-order valence-electron chi connectivity index (χ0n) is 15.6. The lowest BCUT2D eigenvalue weighted by atomic mass is 9.81. The first-order chi connectivity index (χ1) is 13.8. The molecule has 10 heteroatoms. The normalized spacial score (nSPS) is 26.1. The fraction of sp³-hybridized carbons (Fsp3) is 0.474. The minimum Gasteiger partial charge on any atom is -0.497 e. The number of carbonyl (C=O) groups is 4. The van der Waals surface area contributed by atoms with Crippen molar-refractivity contribution in [3.63, 3.8) is 0 Å². The van der Waals surface area contributed by atoms with Crippen LogP contribution in [0, 0.1) is 11.8 Å². The van der Waals surface area contributed by atoms with Gasteiger partial charge in [0.2, 0.25) is 11.8 Å². The number of likely N-dealkylation sites (tertiary alicyclic amines) is 1. The number of nitrogens with zero attached hydrogens (tertiary/aromatic N) is 1. The van der Waals surface area contributed by atoms with Gasteiger partial charge in [0.1, 0.15) is 12.3 Å². The van der Waals surface area contributed by atoms with E-state index >= 15 is 0 Å². The minimum atomic E-state index is -0.805. The predicted molar refractivity (Wildman–Crippen MR) is 111 cm³/mol. The lowest BCUT2D eigenvalue weighted by Crippen LogP contribution is -2.37. The fourth-order valence-electron chi connectivity index (χ4n) is 3.51. The van der Waals surface area contributed by atoms with E-state index in [1.807, 2.05) is 0 Å². The topological polar surface area (TPSA) is 102 Å². The van der Waals surface area contributed by atoms with Crippen LogP contribution in [0.4, 0.5) is 5.69 Å². The van der Waals surface area contributed by atoms with Crippen LogP contribution < -0.4 is 10.1 Å². The van der Waals surface area contributed by atoms with E-state index in [2.05, 4.69) is 37.2 Å². The van der Waals surface area contributed by atoms with Gasteiger partial charge in [-0.25, -0.2) is 0 Å². The van der Waals surface area contributed by atoms with Crippen LogP contribution in [0.2, 0.25) is 0 Å². The molecule has 0 spiro atoms. The van der Waals surface area contributed by atoms with Crippen LogP contribution in [0.25, 0.3) is 0 Å². The van der Waals surface area contributed by atoms with Crippen molar-refractivity contribution in [1.29, 1.82) is 0 Å². The monoisotopic (exact) mass is 530 g/mol. The SMILES string of the molecule is COc1ccc(NC(=O)COC(=O)CN2C(=O)[C@H]3C[C@@H](Br)[C@@H](Br)C[C@H]3C2=O)cc1. The number of fused-ring (bicyclic) bond motifs is 1. The number of imide groups is 1. The van der Waals surface area contributed by atoms with Crippen molar-refractivity contribution < 1.29 is 28.7 Å². The van der Waals surface area contributed by atoms with Crippen molar-refractivity contribution in [2.45, 2.75) is 22.5 Å². The van der Waals surface area contributed by atoms with Gasteiger partial charge < -0.3 is 14.8 Å². The van der Waals surface area contributed by atoms with E-state index < -0.39 is 36.9 Å². The molecule has 0 aromatic heterocycles. The fourth-order valence-corrected chi connectivity index (χ4v) is 4.75. The Morgan fingerprint density at radius 2 is 1.62 bits per heavy atom. The standard InChI is InChI=1S/C19H20Br2N2O6/c1-28-11-4-2-10(3-5-11)22-16(24)9-29-17(25)8-23-18(26)12-6-14(20)15(21)7-13(12)19(23)27/h2-5,12-15H,6-9H2,1H3,(H,22,24)/t12-,13+,14+,15-. The third-order valence-electron chi connectivity index (χ3n) is 5.03. The molecule has 3 amide bonds. The molecule has 29 heavy (non-hydrogen) atoms. The number of hydrogen-bond donors (Lipinski definition) is 1. The van der Waals surface area contributed by atoms with Gasteiger partial charge in [0.05, 0.1) is 18.9 Å². The number of esters is 1. The summed E-state index contributed by atoms with van der Waals surface area (Å²) < 4.78 is 9.97. The number of halogens is 2. The molecule has 156 valence electrons. The lowest BCUT2D eigenvalue weighted by Gasteiger charge is -2.29. The molecule has 0 bridgehead atoms. The first-order valence-electron chi connectivity index (χ1n) is 9.03. The molecular formula is C19H20Br2N2O6. The Balaban J connectivity index is 1.49. The Morgan fingerprint density at radius 3 is 2.14 bits per heavy atom. The summed E-state index contributed by atoms with van der Waals surface area (Å²) in [6.45, 7) is -0.999. The molecule has 1 aromatic rings. The number of rotatable bonds is 6. The van der Waals surface area contributed by atoms with Gasteiger partial charge in [-0.2, -0.15) is 0 Å². The summed E-state index contributed by atoms with van der Waals surface area (Å²) in [5.41, 5.74) is 0.523. The lowest BCUT2D eigenvalue weighted by molar-refractivity contribution is -0.154. The molecule has 4 atom stereocenters. The van der Waals surface area contributed by atoms with Gasteiger partial charge in [-0.05, 0) is 37.1 Å². The van der Waals surface area contributed by atoms with Crippen LogP contribution in [0.5, 0.6) is 5.75 Å². The number of anilines is 1. The molecular weight excluding hydrogens is 512 g/mol. The van der Waals surface area contributed by atoms with Crippen molar-refractivity contribution >= 4 is 61.2 Å². The van der Waals surface area contributed by atoms with Crippen LogP contribution in [0.3, 0.4) is 0 Å². The van der Waals surface area contributed by atoms with Crippen LogP contribution >= 0.6 is 31.9 Å². The number of ether oxygens (including phenoxy) is 2. The van der Waals surface area contributed by atoms with Gasteiger partial charge in [0, 0.05) is 15.3 Å². The van der Waals surface area contributed by atoms with E-state index in [9.17, 15) is 19.2 Å². The van der Waals surface area contributed by atoms with Crippen LogP contribution in [0.15, 0.2) is 24.3 Å². The highest BCUT2D eigenvalue weighted by Gasteiger charge is 2.52. The van der Waals surface area contributed by atoms with E-state index in [1.54, 1.807) is 24.3 Å². The predicted octanol–water partition coefficient (Wildman–Crippen LogP) is 2.10. The first kappa shape index (κ1) is 21.8. The quantitative estimate of drug-likeness (QED) is 0.342. The summed E-state index contributed by atoms with van der Waals surface area (Å²) in [6.07, 6.45) is 1.06. The molecule has 2 aliphatic rings. The maximum absolute atomic E-state index is 12.5. The third kappa shape index (κ3) is 4.98. The summed E-state index contributed by atoms with van der Waals surface area (Å²) in [5.74, 6) is -2.25. The molecule has 1 saturated carbocycles. The number of benzene rings is 1. The van der Waals surface area contributed by atoms with Crippen molar-refractivity contribution in [1.82, 2.24) is 4.90 Å². The molecule has 1 saturated heterocycles. The van der Waals surface area contributed by atoms with E-state index in [1.165, 1.54) is 7.11 Å². The van der Waals surface area contributed by atoms with Crippen molar-refractivity contribution in [2.24, 2.45) is 11.8 Å². The Bertz CT molecular complexity index is 787. The van der Waals surface area contributed by atoms with Gasteiger partial charge in [-0.15, -0.1) is 0 Å². The van der Waals surface area contributed by atoms with Gasteiger partial charge in [-0.3, -0.25) is 24.1 Å². The maximum Gasteiger partial charge on any atom is 0.326 e. The zero-order chi connectivity index (χ0) is 21.1. The number of amides is 3. The van der Waals surface area contributed by atoms with Crippen molar-refractivity contribution in [3.8, 4) is 5.75 Å². The van der Waals surface area contributed by atoms with Gasteiger partial charge in [-0.1, -0.05) is 31.9 Å². The first-order valence-corrected chi connectivity index (χ1v) is 10.9. The largest absolute Gasteiger partial charge is 0.497 e. The highest BCUT2D eigenvalue weighted by molar-refractivity contribution is 9.12. The Labute approximate surface area is 184 Å². The highest BCUT2D eigenvalue weighted by Crippen LogP contribution is 2.43. The van der Waals surface area contributed by atoms with Gasteiger partial charge in [0.25, 0.3) is 5.91 Å². The second-order valence-electron chi connectivity index (χ2n) is 6.92. The molecule has 3 rings (SSSR count). The molecule has 2 fully saturated rings. The number of nitrogens with one attached hydrogen (secondary N) is 1. The highest BCUT2D eigenvalue weighted by atomic mass is 79.9. The average Bonchev–Trinajstić information content (AvgIpc) is 2.92. The van der Waals surface area contributed by atoms with E-state index in [4.69, 9.17) is 9.47 Å². The molecule has 1 heterocycles. The Kier molecular flexibility index (Phi) is 6.94. The second-order valence-corrected chi connectivity index (χ2v) is 9.27. The minimum absolute atomic E-state index is 0.0917. The molecule has 8 nitrogen and oxygen atoms in total. The van der Waals surface area contributed by atoms with Crippen LogP contribution in [0.1, 0.15) is 12.8 Å². The summed E-state index contributed by atoms with van der Waals surface area (Å²) in [6, 6.07) is 6.66. The maximum atomic E-state index is 12.5. The molecule has 1 aliphatic carbocycles. The van der Waals surface area contributed by atoms with E-state index in [-0.39, 0.29) is 21.5 Å². The number of alkyl halides is 2. The van der Waals surface area contributed by atoms with E-state index in [0.717, 1.165) is 4.90 Å². The smallest absolute Gasteiger partial charge is 0.326 e. The second kappa shape index (κ2) is 9.25. The van der Waals surface area contributed by atoms with Gasteiger partial charge in [0.15, 0.2) is 6.61 Å². The molecule has 1 aromatic carbocycles. The van der Waals surface area contributed by atoms with Crippen molar-refractivity contribution in [3.05, 3.63) is 24.3 Å². The molecule has 1 N–H and O–H groups in total. The number of carbonyl (C=O) groups excluding carboxylic acids is 4. The summed E-state index contributed by atoms with van der Waals surface area (Å²) >= 11 is 7.02. The van der Waals surface area contributed by atoms with Gasteiger partial charge >= 0.3 is 5.97 Å². The summed E-state index contributed by atoms with van der Waals surface area (Å²) in [4.78, 5) is 50.2. The number of hydrogen-bond acceptors (Lipinski definition) is 6. The van der Waals surface area contributed by atoms with Crippen molar-refractivity contribution in [2.75, 3.05) is 25.6 Å². The zero-order valence-corrected chi connectivity index (χ0v) is 18.8. The molecule has 1 aliphatic heterocycles. The van der Waals surface area contributed by atoms with Crippen LogP contribution in [-0.2, 0) is 23.9 Å². The Morgan fingerprint density at radius 1 is 1.07 bits per heavy atom. The molecule has 0 unspecified atom stereocenters.